The van der Waals surface area contributed by atoms with Gasteiger partial charge in [0.05, 0.1) is 0 Å². The molecule has 0 aliphatic heterocycles. The quantitative estimate of drug-likeness (QED) is 0.593. The lowest BCUT2D eigenvalue weighted by atomic mass is 9.90. The Morgan fingerprint density at radius 1 is 1.45 bits per heavy atom. The Balaban J connectivity index is 0.000001000. The van der Waals surface area contributed by atoms with Gasteiger partial charge in [-0.15, -0.1) is 12.4 Å². The maximum absolute atomic E-state index is 12.5. The highest BCUT2D eigenvalue weighted by atomic mass is 35.5. The summed E-state index contributed by atoms with van der Waals surface area (Å²) in [5, 5.41) is 8.83. The standard InChI is InChI=1S/C6H11F2NO.ClH/c7-6(8)3-1-2-4(9)5(6)10;/h4-5,10H,1-3,9H2;1H/t4-,5+;/m1./s1. The molecule has 3 N–H and O–H groups in total. The van der Waals surface area contributed by atoms with E-state index in [0.717, 1.165) is 0 Å². The first-order valence-corrected chi connectivity index (χ1v) is 3.35. The van der Waals surface area contributed by atoms with Crippen molar-refractivity contribution in [3.8, 4) is 0 Å². The van der Waals surface area contributed by atoms with Gasteiger partial charge < -0.3 is 10.8 Å². The van der Waals surface area contributed by atoms with E-state index in [0.29, 0.717) is 12.8 Å². The van der Waals surface area contributed by atoms with E-state index in [-0.39, 0.29) is 18.8 Å². The van der Waals surface area contributed by atoms with Gasteiger partial charge in [-0.3, -0.25) is 0 Å². The Morgan fingerprint density at radius 3 is 2.36 bits per heavy atom. The van der Waals surface area contributed by atoms with Crippen LogP contribution < -0.4 is 5.73 Å². The highest BCUT2D eigenvalue weighted by Gasteiger charge is 2.44. The van der Waals surface area contributed by atoms with Gasteiger partial charge in [-0.25, -0.2) is 8.78 Å². The lowest BCUT2D eigenvalue weighted by Crippen LogP contribution is -2.50. The molecule has 1 aliphatic rings. The first kappa shape index (κ1) is 11.1. The average Bonchev–Trinajstić information content (AvgIpc) is 1.83. The summed E-state index contributed by atoms with van der Waals surface area (Å²) in [7, 11) is 0. The summed E-state index contributed by atoms with van der Waals surface area (Å²) in [5.74, 6) is -2.96. The molecule has 0 saturated heterocycles. The molecule has 0 amide bonds. The van der Waals surface area contributed by atoms with E-state index in [4.69, 9.17) is 10.8 Å². The zero-order valence-electron chi connectivity index (χ0n) is 5.96. The largest absolute Gasteiger partial charge is 0.385 e. The number of hydrogen-bond acceptors (Lipinski definition) is 2. The summed E-state index contributed by atoms with van der Waals surface area (Å²) >= 11 is 0. The molecule has 0 heterocycles. The maximum atomic E-state index is 12.5. The zero-order valence-corrected chi connectivity index (χ0v) is 6.78. The second-order valence-corrected chi connectivity index (χ2v) is 2.76. The van der Waals surface area contributed by atoms with Crippen LogP contribution in [0.15, 0.2) is 0 Å². The average molecular weight is 188 g/mol. The summed E-state index contributed by atoms with van der Waals surface area (Å²) in [4.78, 5) is 0. The Bertz CT molecular complexity index is 134. The summed E-state index contributed by atoms with van der Waals surface area (Å²) in [6, 6.07) is -0.747. The monoisotopic (exact) mass is 187 g/mol. The van der Waals surface area contributed by atoms with E-state index in [2.05, 4.69) is 0 Å². The Labute approximate surface area is 70.2 Å². The Hall–Kier alpha value is 0.0700. The van der Waals surface area contributed by atoms with Gasteiger partial charge >= 0.3 is 0 Å². The number of halogens is 3. The molecule has 0 spiro atoms. The van der Waals surface area contributed by atoms with E-state index >= 15 is 0 Å². The SMILES string of the molecule is Cl.N[C@@H]1CCCC(F)(F)[C@H]1O. The van der Waals surface area contributed by atoms with Gasteiger partial charge in [0.1, 0.15) is 6.10 Å². The second-order valence-electron chi connectivity index (χ2n) is 2.76. The van der Waals surface area contributed by atoms with Crippen LogP contribution in [-0.4, -0.2) is 23.2 Å². The zero-order chi connectivity index (χ0) is 7.78. The van der Waals surface area contributed by atoms with E-state index in [1.54, 1.807) is 0 Å². The van der Waals surface area contributed by atoms with Crippen LogP contribution in [0.2, 0.25) is 0 Å². The van der Waals surface area contributed by atoms with Crippen molar-refractivity contribution in [2.75, 3.05) is 0 Å². The topological polar surface area (TPSA) is 46.2 Å². The smallest absolute Gasteiger partial charge is 0.274 e. The van der Waals surface area contributed by atoms with Crippen LogP contribution in [0.4, 0.5) is 8.78 Å². The molecular formula is C6H12ClF2NO. The molecule has 0 aromatic carbocycles. The third-order valence-corrected chi connectivity index (χ3v) is 1.89. The molecule has 1 aliphatic carbocycles. The van der Waals surface area contributed by atoms with Crippen molar-refractivity contribution in [2.45, 2.75) is 37.3 Å². The van der Waals surface area contributed by atoms with Crippen molar-refractivity contribution in [3.63, 3.8) is 0 Å². The molecule has 0 bridgehead atoms. The highest BCUT2D eigenvalue weighted by Crippen LogP contribution is 2.32. The van der Waals surface area contributed by atoms with Crippen molar-refractivity contribution in [3.05, 3.63) is 0 Å². The fraction of sp³-hybridized carbons (Fsp3) is 1.00. The van der Waals surface area contributed by atoms with Crippen LogP contribution in [0, 0.1) is 0 Å². The Morgan fingerprint density at radius 2 is 2.00 bits per heavy atom. The molecule has 68 valence electrons. The minimum atomic E-state index is -2.96. The van der Waals surface area contributed by atoms with E-state index < -0.39 is 18.1 Å². The molecule has 1 fully saturated rings. The number of aliphatic hydroxyl groups is 1. The van der Waals surface area contributed by atoms with Crippen LogP contribution in [0.3, 0.4) is 0 Å². The molecule has 2 atom stereocenters. The van der Waals surface area contributed by atoms with Crippen LogP contribution in [0.25, 0.3) is 0 Å². The van der Waals surface area contributed by atoms with Gasteiger partial charge in [-0.1, -0.05) is 0 Å². The minimum absolute atomic E-state index is 0. The molecule has 0 aromatic rings. The molecule has 2 nitrogen and oxygen atoms in total. The molecule has 5 heteroatoms. The number of alkyl halides is 2. The van der Waals surface area contributed by atoms with Crippen molar-refractivity contribution in [1.82, 2.24) is 0 Å². The van der Waals surface area contributed by atoms with Crippen LogP contribution in [0.1, 0.15) is 19.3 Å². The van der Waals surface area contributed by atoms with Crippen LogP contribution in [-0.2, 0) is 0 Å². The molecule has 0 radical (unpaired) electrons. The number of rotatable bonds is 0. The lowest BCUT2D eigenvalue weighted by Gasteiger charge is -2.31. The molecule has 11 heavy (non-hydrogen) atoms. The van der Waals surface area contributed by atoms with E-state index in [1.165, 1.54) is 0 Å². The second kappa shape index (κ2) is 3.65. The third kappa shape index (κ3) is 2.25. The van der Waals surface area contributed by atoms with Gasteiger partial charge in [0, 0.05) is 12.5 Å². The van der Waals surface area contributed by atoms with Gasteiger partial charge in [-0.2, -0.15) is 0 Å². The fourth-order valence-corrected chi connectivity index (χ4v) is 1.19. The Kier molecular flexibility index (Phi) is 3.67. The molecule has 0 aromatic heterocycles. The predicted octanol–water partition coefficient (Wildman–Crippen LogP) is 0.916. The molecular weight excluding hydrogens is 176 g/mol. The summed E-state index contributed by atoms with van der Waals surface area (Å²) in [5.41, 5.74) is 5.22. The third-order valence-electron chi connectivity index (χ3n) is 1.89. The van der Waals surface area contributed by atoms with Crippen LogP contribution >= 0.6 is 12.4 Å². The lowest BCUT2D eigenvalue weighted by molar-refractivity contribution is -0.138. The molecule has 0 unspecified atom stereocenters. The predicted molar refractivity (Wildman–Crippen MR) is 40.0 cm³/mol. The first-order chi connectivity index (χ1) is 4.54. The van der Waals surface area contributed by atoms with Crippen molar-refractivity contribution in [1.29, 1.82) is 0 Å². The van der Waals surface area contributed by atoms with Crippen molar-refractivity contribution < 1.29 is 13.9 Å². The number of hydrogen-bond donors (Lipinski definition) is 2. The van der Waals surface area contributed by atoms with Gasteiger partial charge in [-0.05, 0) is 12.8 Å². The summed E-state index contributed by atoms with van der Waals surface area (Å²) in [6.45, 7) is 0. The summed E-state index contributed by atoms with van der Waals surface area (Å²) in [6.07, 6.45) is -0.967. The maximum Gasteiger partial charge on any atom is 0.274 e. The highest BCUT2D eigenvalue weighted by molar-refractivity contribution is 5.85. The van der Waals surface area contributed by atoms with Crippen LogP contribution in [0.5, 0.6) is 0 Å². The normalized spacial score (nSPS) is 36.0. The van der Waals surface area contributed by atoms with Crippen molar-refractivity contribution >= 4 is 12.4 Å². The minimum Gasteiger partial charge on any atom is -0.385 e. The van der Waals surface area contributed by atoms with Gasteiger partial charge in [0.15, 0.2) is 0 Å². The van der Waals surface area contributed by atoms with E-state index in [9.17, 15) is 8.78 Å². The van der Waals surface area contributed by atoms with E-state index in [1.807, 2.05) is 0 Å². The van der Waals surface area contributed by atoms with Gasteiger partial charge in [0.2, 0.25) is 0 Å². The number of nitrogens with two attached hydrogens (primary N) is 1. The van der Waals surface area contributed by atoms with Gasteiger partial charge in [0.25, 0.3) is 5.92 Å². The molecule has 1 saturated carbocycles. The number of aliphatic hydroxyl groups excluding tert-OH is 1. The molecule has 1 rings (SSSR count). The fourth-order valence-electron chi connectivity index (χ4n) is 1.19. The summed E-state index contributed by atoms with van der Waals surface area (Å²) < 4.78 is 25.0. The van der Waals surface area contributed by atoms with Crippen molar-refractivity contribution in [2.24, 2.45) is 5.73 Å². The first-order valence-electron chi connectivity index (χ1n) is 3.35.